The van der Waals surface area contributed by atoms with E-state index in [4.69, 9.17) is 4.74 Å². The Bertz CT molecular complexity index is 346. The molecule has 2 amide bonds. The fraction of sp³-hybridized carbons (Fsp3) is 0.867. The SMILES string of the molecule is CCC(C)C1NC(=O)C(C(C)CC)N(CCOC)C1=O. The summed E-state index contributed by atoms with van der Waals surface area (Å²) in [5.41, 5.74) is 0. The highest BCUT2D eigenvalue weighted by Crippen LogP contribution is 2.23. The van der Waals surface area contributed by atoms with Crippen molar-refractivity contribution in [2.24, 2.45) is 11.8 Å². The van der Waals surface area contributed by atoms with Crippen LogP contribution in [0.5, 0.6) is 0 Å². The summed E-state index contributed by atoms with van der Waals surface area (Å²) < 4.78 is 5.09. The first kappa shape index (κ1) is 17.0. The first-order valence-corrected chi connectivity index (χ1v) is 7.57. The van der Waals surface area contributed by atoms with E-state index in [2.05, 4.69) is 5.32 Å². The molecule has 0 aliphatic carbocycles. The van der Waals surface area contributed by atoms with Crippen molar-refractivity contribution in [3.63, 3.8) is 0 Å². The van der Waals surface area contributed by atoms with Gasteiger partial charge >= 0.3 is 0 Å². The molecule has 5 heteroatoms. The molecule has 0 radical (unpaired) electrons. The molecule has 1 aliphatic heterocycles. The molecule has 1 saturated heterocycles. The Kier molecular flexibility index (Phi) is 6.46. The number of nitrogens with zero attached hydrogens (tertiary/aromatic N) is 1. The molecule has 0 bridgehead atoms. The molecule has 1 N–H and O–H groups in total. The maximum absolute atomic E-state index is 12.7. The van der Waals surface area contributed by atoms with Gasteiger partial charge in [-0.2, -0.15) is 0 Å². The van der Waals surface area contributed by atoms with E-state index < -0.39 is 6.04 Å². The Morgan fingerprint density at radius 1 is 1.20 bits per heavy atom. The summed E-state index contributed by atoms with van der Waals surface area (Å²) in [5, 5.41) is 2.92. The standard InChI is InChI=1S/C15H28N2O3/c1-6-10(3)12-15(19)17(8-9-20-5)13(11(4)7-2)14(18)16-12/h10-13H,6-9H2,1-5H3,(H,16,18). The zero-order chi connectivity index (χ0) is 15.3. The molecule has 0 aromatic carbocycles. The Hall–Kier alpha value is -1.10. The number of hydrogen-bond donors (Lipinski definition) is 1. The van der Waals surface area contributed by atoms with E-state index in [1.165, 1.54) is 0 Å². The fourth-order valence-electron chi connectivity index (χ4n) is 2.61. The normalized spacial score (nSPS) is 26.4. The minimum Gasteiger partial charge on any atom is -0.383 e. The maximum atomic E-state index is 12.7. The molecular weight excluding hydrogens is 256 g/mol. The third-order valence-electron chi connectivity index (χ3n) is 4.38. The molecule has 116 valence electrons. The van der Waals surface area contributed by atoms with E-state index in [-0.39, 0.29) is 29.7 Å². The highest BCUT2D eigenvalue weighted by atomic mass is 16.5. The van der Waals surface area contributed by atoms with Crippen LogP contribution in [0.1, 0.15) is 40.5 Å². The van der Waals surface area contributed by atoms with Gasteiger partial charge in [0.1, 0.15) is 12.1 Å². The molecule has 1 aliphatic rings. The van der Waals surface area contributed by atoms with Crippen LogP contribution < -0.4 is 5.32 Å². The summed E-state index contributed by atoms with van der Waals surface area (Å²) in [4.78, 5) is 26.8. The Labute approximate surface area is 122 Å². The van der Waals surface area contributed by atoms with Crippen molar-refractivity contribution >= 4 is 11.8 Å². The number of hydrogen-bond acceptors (Lipinski definition) is 3. The molecule has 0 saturated carbocycles. The number of carbonyl (C=O) groups is 2. The largest absolute Gasteiger partial charge is 0.383 e. The third-order valence-corrected chi connectivity index (χ3v) is 4.38. The second-order valence-corrected chi connectivity index (χ2v) is 5.73. The predicted octanol–water partition coefficient (Wildman–Crippen LogP) is 1.42. The van der Waals surface area contributed by atoms with Gasteiger partial charge in [-0.05, 0) is 11.8 Å². The molecule has 4 unspecified atom stereocenters. The molecular formula is C15H28N2O3. The summed E-state index contributed by atoms with van der Waals surface area (Å²) in [6, 6.07) is -0.771. The van der Waals surface area contributed by atoms with Crippen LogP contribution in [0.2, 0.25) is 0 Å². The van der Waals surface area contributed by atoms with Crippen molar-refractivity contribution in [3.8, 4) is 0 Å². The van der Waals surface area contributed by atoms with Crippen LogP contribution in [-0.2, 0) is 14.3 Å². The first-order valence-electron chi connectivity index (χ1n) is 7.57. The smallest absolute Gasteiger partial charge is 0.246 e. The van der Waals surface area contributed by atoms with Crippen LogP contribution in [0.15, 0.2) is 0 Å². The lowest BCUT2D eigenvalue weighted by molar-refractivity contribution is -0.153. The summed E-state index contributed by atoms with van der Waals surface area (Å²) in [6.45, 7) is 9.02. The lowest BCUT2D eigenvalue weighted by Gasteiger charge is -2.42. The van der Waals surface area contributed by atoms with Crippen LogP contribution in [0, 0.1) is 11.8 Å². The van der Waals surface area contributed by atoms with Gasteiger partial charge in [-0.25, -0.2) is 0 Å². The van der Waals surface area contributed by atoms with Gasteiger partial charge in [0.2, 0.25) is 11.8 Å². The average Bonchev–Trinajstić information content (AvgIpc) is 2.45. The van der Waals surface area contributed by atoms with Gasteiger partial charge in [0.15, 0.2) is 0 Å². The topological polar surface area (TPSA) is 58.6 Å². The molecule has 1 heterocycles. The molecule has 20 heavy (non-hydrogen) atoms. The summed E-state index contributed by atoms with van der Waals surface area (Å²) >= 11 is 0. The van der Waals surface area contributed by atoms with E-state index in [9.17, 15) is 9.59 Å². The predicted molar refractivity (Wildman–Crippen MR) is 78.2 cm³/mol. The van der Waals surface area contributed by atoms with Crippen LogP contribution >= 0.6 is 0 Å². The monoisotopic (exact) mass is 284 g/mol. The molecule has 0 aromatic heterocycles. The molecule has 0 aromatic rings. The zero-order valence-corrected chi connectivity index (χ0v) is 13.3. The van der Waals surface area contributed by atoms with Gasteiger partial charge < -0.3 is 15.0 Å². The average molecular weight is 284 g/mol. The lowest BCUT2D eigenvalue weighted by atomic mass is 9.89. The molecule has 4 atom stereocenters. The quantitative estimate of drug-likeness (QED) is 0.769. The van der Waals surface area contributed by atoms with Gasteiger partial charge in [0.25, 0.3) is 0 Å². The van der Waals surface area contributed by atoms with Crippen molar-refractivity contribution in [1.29, 1.82) is 0 Å². The second kappa shape index (κ2) is 7.62. The molecule has 1 rings (SSSR count). The number of methoxy groups -OCH3 is 1. The van der Waals surface area contributed by atoms with E-state index in [1.54, 1.807) is 12.0 Å². The number of carbonyl (C=O) groups excluding carboxylic acids is 2. The summed E-state index contributed by atoms with van der Waals surface area (Å²) in [7, 11) is 1.61. The number of ether oxygens (including phenoxy) is 1. The van der Waals surface area contributed by atoms with Crippen LogP contribution in [0.3, 0.4) is 0 Å². The Balaban J connectivity index is 2.97. The Morgan fingerprint density at radius 2 is 1.80 bits per heavy atom. The highest BCUT2D eigenvalue weighted by Gasteiger charge is 2.43. The van der Waals surface area contributed by atoms with Crippen LogP contribution in [0.25, 0.3) is 0 Å². The van der Waals surface area contributed by atoms with Crippen molar-refractivity contribution in [1.82, 2.24) is 10.2 Å². The van der Waals surface area contributed by atoms with Crippen molar-refractivity contribution in [2.45, 2.75) is 52.6 Å². The van der Waals surface area contributed by atoms with Gasteiger partial charge in [-0.1, -0.05) is 40.5 Å². The van der Waals surface area contributed by atoms with E-state index >= 15 is 0 Å². The summed E-state index contributed by atoms with van der Waals surface area (Å²) in [5.74, 6) is 0.296. The number of nitrogens with one attached hydrogen (secondary N) is 1. The van der Waals surface area contributed by atoms with Gasteiger partial charge in [-0.3, -0.25) is 9.59 Å². The highest BCUT2D eigenvalue weighted by molar-refractivity contribution is 5.97. The number of piperazine rings is 1. The third kappa shape index (κ3) is 3.51. The minimum absolute atomic E-state index is 0.0275. The summed E-state index contributed by atoms with van der Waals surface area (Å²) in [6.07, 6.45) is 1.73. The minimum atomic E-state index is -0.398. The molecule has 0 spiro atoms. The lowest BCUT2D eigenvalue weighted by Crippen LogP contribution is -2.66. The fourth-order valence-corrected chi connectivity index (χ4v) is 2.61. The van der Waals surface area contributed by atoms with E-state index in [0.29, 0.717) is 13.2 Å². The second-order valence-electron chi connectivity index (χ2n) is 5.73. The van der Waals surface area contributed by atoms with Crippen molar-refractivity contribution in [2.75, 3.05) is 20.3 Å². The molecule has 5 nitrogen and oxygen atoms in total. The number of rotatable bonds is 7. The molecule has 1 fully saturated rings. The van der Waals surface area contributed by atoms with Gasteiger partial charge in [0.05, 0.1) is 6.61 Å². The van der Waals surface area contributed by atoms with Gasteiger partial charge in [0, 0.05) is 13.7 Å². The van der Waals surface area contributed by atoms with Crippen LogP contribution in [0.4, 0.5) is 0 Å². The van der Waals surface area contributed by atoms with Crippen molar-refractivity contribution < 1.29 is 14.3 Å². The van der Waals surface area contributed by atoms with E-state index in [1.807, 2.05) is 27.7 Å². The van der Waals surface area contributed by atoms with Gasteiger partial charge in [-0.15, -0.1) is 0 Å². The van der Waals surface area contributed by atoms with Crippen molar-refractivity contribution in [3.05, 3.63) is 0 Å². The Morgan fingerprint density at radius 3 is 2.30 bits per heavy atom. The first-order chi connectivity index (χ1) is 9.47. The van der Waals surface area contributed by atoms with E-state index in [0.717, 1.165) is 12.8 Å². The number of amides is 2. The maximum Gasteiger partial charge on any atom is 0.246 e. The van der Waals surface area contributed by atoms with Crippen LogP contribution in [-0.4, -0.2) is 49.1 Å². The zero-order valence-electron chi connectivity index (χ0n) is 13.3.